The average molecular weight is 399 g/mol. The smallest absolute Gasteiger partial charge is 0.416 e. The average Bonchev–Trinajstić information content (AvgIpc) is 3.07. The topological polar surface area (TPSA) is 56.1 Å². The minimum atomic E-state index is -4.42. The fourth-order valence-corrected chi connectivity index (χ4v) is 2.74. The van der Waals surface area contributed by atoms with Crippen LogP contribution in [0.3, 0.4) is 0 Å². The Morgan fingerprint density at radius 2 is 2.00 bits per heavy atom. The molecule has 3 aromatic rings. The van der Waals surface area contributed by atoms with Crippen LogP contribution in [-0.4, -0.2) is 22.3 Å². The van der Waals surface area contributed by atoms with Crippen LogP contribution in [0.2, 0.25) is 0 Å². The molecule has 3 rings (SSSR count). The lowest BCUT2D eigenvalue weighted by molar-refractivity contribution is -0.137. The maximum absolute atomic E-state index is 12.8. The molecule has 2 aromatic carbocycles. The minimum absolute atomic E-state index is 0.0844. The van der Waals surface area contributed by atoms with Crippen molar-refractivity contribution < 1.29 is 22.7 Å². The molecule has 0 aliphatic carbocycles. The molecule has 29 heavy (non-hydrogen) atoms. The zero-order valence-electron chi connectivity index (χ0n) is 15.2. The lowest BCUT2D eigenvalue weighted by atomic mass is 10.1. The molecule has 8 heteroatoms. The summed E-state index contributed by atoms with van der Waals surface area (Å²) in [5.41, 5.74) is 0.852. The summed E-state index contributed by atoms with van der Waals surface area (Å²) in [4.78, 5) is 11.5. The predicted octanol–water partition coefficient (Wildman–Crippen LogP) is 3.86. The highest BCUT2D eigenvalue weighted by atomic mass is 19.4. The highest BCUT2D eigenvalue weighted by Gasteiger charge is 2.30. The van der Waals surface area contributed by atoms with Crippen molar-refractivity contribution in [1.29, 1.82) is 0 Å². The number of carbonyl (C=O) groups is 1. The van der Waals surface area contributed by atoms with Crippen molar-refractivity contribution in [1.82, 2.24) is 15.1 Å². The number of terminal acetylenes is 1. The summed E-state index contributed by atoms with van der Waals surface area (Å²) in [6, 6.07) is 9.79. The third-order valence-corrected chi connectivity index (χ3v) is 4.10. The van der Waals surface area contributed by atoms with Crippen LogP contribution in [-0.2, 0) is 17.5 Å². The summed E-state index contributed by atoms with van der Waals surface area (Å²) in [7, 11) is 0. The maximum Gasteiger partial charge on any atom is 0.416 e. The number of hydrogen-bond donors (Lipinski definition) is 1. The van der Waals surface area contributed by atoms with Gasteiger partial charge in [0.05, 0.1) is 29.0 Å². The van der Waals surface area contributed by atoms with Crippen molar-refractivity contribution in [3.63, 3.8) is 0 Å². The number of nitrogens with one attached hydrogen (secondary N) is 1. The molecule has 0 atom stereocenters. The molecule has 1 amide bonds. The van der Waals surface area contributed by atoms with Crippen LogP contribution >= 0.6 is 0 Å². The van der Waals surface area contributed by atoms with Gasteiger partial charge in [-0.05, 0) is 48.5 Å². The maximum atomic E-state index is 12.8. The molecule has 5 nitrogen and oxygen atoms in total. The first-order chi connectivity index (χ1) is 13.8. The lowest BCUT2D eigenvalue weighted by Gasteiger charge is -2.08. The molecule has 0 unspecified atom stereocenters. The number of nitrogens with zero attached hydrogens (tertiary/aromatic N) is 2. The van der Waals surface area contributed by atoms with Gasteiger partial charge in [0.2, 0.25) is 5.91 Å². The van der Waals surface area contributed by atoms with E-state index >= 15 is 0 Å². The number of amides is 1. The zero-order valence-corrected chi connectivity index (χ0v) is 15.2. The summed E-state index contributed by atoms with van der Waals surface area (Å²) in [5.74, 6) is 2.51. The van der Waals surface area contributed by atoms with E-state index in [2.05, 4.69) is 22.9 Å². The fraction of sp³-hybridized carbons (Fsp3) is 0.143. The molecule has 0 aliphatic heterocycles. The van der Waals surface area contributed by atoms with Gasteiger partial charge >= 0.3 is 6.18 Å². The molecule has 0 saturated heterocycles. The molecule has 1 aromatic heterocycles. The third kappa shape index (κ3) is 4.41. The second kappa shape index (κ2) is 8.10. The molecule has 0 bridgehead atoms. The summed E-state index contributed by atoms with van der Waals surface area (Å²) in [6.45, 7) is 3.58. The van der Waals surface area contributed by atoms with Crippen molar-refractivity contribution in [2.24, 2.45) is 0 Å². The van der Waals surface area contributed by atoms with Gasteiger partial charge < -0.3 is 10.1 Å². The monoisotopic (exact) mass is 399 g/mol. The first kappa shape index (κ1) is 20.0. The Hall–Kier alpha value is -3.73. The summed E-state index contributed by atoms with van der Waals surface area (Å²) >= 11 is 0. The molecular weight excluding hydrogens is 383 g/mol. The normalized spacial score (nSPS) is 11.1. The van der Waals surface area contributed by atoms with Gasteiger partial charge in [-0.2, -0.15) is 18.3 Å². The van der Waals surface area contributed by atoms with Gasteiger partial charge in [-0.15, -0.1) is 6.42 Å². The quantitative estimate of drug-likeness (QED) is 0.506. The van der Waals surface area contributed by atoms with E-state index in [1.165, 1.54) is 16.8 Å². The second-order valence-electron chi connectivity index (χ2n) is 6.00. The van der Waals surface area contributed by atoms with E-state index in [-0.39, 0.29) is 19.1 Å². The Morgan fingerprint density at radius 1 is 1.28 bits per heavy atom. The first-order valence-corrected chi connectivity index (χ1v) is 8.49. The number of rotatable bonds is 6. The van der Waals surface area contributed by atoms with Gasteiger partial charge in [-0.3, -0.25) is 4.79 Å². The summed E-state index contributed by atoms with van der Waals surface area (Å²) in [5, 5.41) is 7.78. The van der Waals surface area contributed by atoms with E-state index in [4.69, 9.17) is 11.2 Å². The Bertz CT molecular complexity index is 1090. The van der Waals surface area contributed by atoms with E-state index in [9.17, 15) is 18.0 Å². The van der Waals surface area contributed by atoms with Crippen LogP contribution in [0.15, 0.2) is 55.1 Å². The van der Waals surface area contributed by atoms with Crippen molar-refractivity contribution in [3.8, 4) is 23.8 Å². The number of ether oxygens (including phenoxy) is 1. The van der Waals surface area contributed by atoms with Crippen LogP contribution in [0.4, 0.5) is 13.2 Å². The SMILES string of the molecule is C#CCOc1ccc2c(c1)c(CNC(=O)C=C)nn2-c1ccc(C(F)(F)F)cc1. The van der Waals surface area contributed by atoms with E-state index in [0.29, 0.717) is 28.0 Å². The summed E-state index contributed by atoms with van der Waals surface area (Å²) < 4.78 is 45.5. The largest absolute Gasteiger partial charge is 0.481 e. The van der Waals surface area contributed by atoms with Gasteiger partial charge in [0.25, 0.3) is 0 Å². The predicted molar refractivity (Wildman–Crippen MR) is 102 cm³/mol. The molecule has 0 radical (unpaired) electrons. The molecule has 0 saturated carbocycles. The van der Waals surface area contributed by atoms with Crippen LogP contribution in [0.5, 0.6) is 5.75 Å². The molecule has 148 valence electrons. The highest BCUT2D eigenvalue weighted by molar-refractivity contribution is 5.88. The van der Waals surface area contributed by atoms with Crippen LogP contribution in [0.1, 0.15) is 11.3 Å². The molecular formula is C21H16F3N3O2. The van der Waals surface area contributed by atoms with Crippen molar-refractivity contribution in [2.75, 3.05) is 6.61 Å². The summed E-state index contributed by atoms with van der Waals surface area (Å²) in [6.07, 6.45) is 1.92. The van der Waals surface area contributed by atoms with Gasteiger partial charge in [-0.1, -0.05) is 12.5 Å². The molecule has 0 aliphatic rings. The van der Waals surface area contributed by atoms with Crippen molar-refractivity contribution in [2.45, 2.75) is 12.7 Å². The Balaban J connectivity index is 2.05. The third-order valence-electron chi connectivity index (χ3n) is 4.10. The fourth-order valence-electron chi connectivity index (χ4n) is 2.74. The highest BCUT2D eigenvalue weighted by Crippen LogP contribution is 2.31. The molecule has 0 fully saturated rings. The van der Waals surface area contributed by atoms with Gasteiger partial charge in [0.15, 0.2) is 0 Å². The molecule has 1 heterocycles. The number of aromatic nitrogens is 2. The van der Waals surface area contributed by atoms with E-state index in [1.807, 2.05) is 0 Å². The van der Waals surface area contributed by atoms with Gasteiger partial charge in [0, 0.05) is 5.39 Å². The lowest BCUT2D eigenvalue weighted by Crippen LogP contribution is -2.20. The van der Waals surface area contributed by atoms with Crippen LogP contribution in [0, 0.1) is 12.3 Å². The number of alkyl halides is 3. The zero-order chi connectivity index (χ0) is 21.0. The number of fused-ring (bicyclic) bond motifs is 1. The van der Waals surface area contributed by atoms with Gasteiger partial charge in [-0.25, -0.2) is 4.68 Å². The number of hydrogen-bond acceptors (Lipinski definition) is 3. The number of halogens is 3. The van der Waals surface area contributed by atoms with Crippen LogP contribution in [0.25, 0.3) is 16.6 Å². The van der Waals surface area contributed by atoms with Crippen LogP contribution < -0.4 is 10.1 Å². The second-order valence-corrected chi connectivity index (χ2v) is 6.00. The number of carbonyl (C=O) groups excluding carboxylic acids is 1. The van der Waals surface area contributed by atoms with Crippen molar-refractivity contribution in [3.05, 3.63) is 66.4 Å². The first-order valence-electron chi connectivity index (χ1n) is 8.49. The van der Waals surface area contributed by atoms with E-state index < -0.39 is 11.7 Å². The molecule has 0 spiro atoms. The van der Waals surface area contributed by atoms with E-state index in [1.54, 1.807) is 18.2 Å². The Labute approximate surface area is 164 Å². The molecule has 1 N–H and O–H groups in total. The van der Waals surface area contributed by atoms with Gasteiger partial charge in [0.1, 0.15) is 12.4 Å². The van der Waals surface area contributed by atoms with E-state index in [0.717, 1.165) is 18.2 Å². The standard InChI is InChI=1S/C21H16F3N3O2/c1-3-11-29-16-9-10-19-17(12-16)18(13-25-20(28)4-2)26-27(19)15-7-5-14(6-8-15)21(22,23)24/h1,4-10,12H,2,11,13H2,(H,25,28). The Kier molecular flexibility index (Phi) is 5.59. The Morgan fingerprint density at radius 3 is 2.62 bits per heavy atom. The number of benzene rings is 2. The van der Waals surface area contributed by atoms with Crippen molar-refractivity contribution >= 4 is 16.8 Å². The minimum Gasteiger partial charge on any atom is -0.481 e.